The van der Waals surface area contributed by atoms with Crippen molar-refractivity contribution in [2.45, 2.75) is 51.0 Å². The molecule has 6 rings (SSSR count). The molecule has 0 aliphatic carbocycles. The first kappa shape index (κ1) is 36.5. The maximum Gasteiger partial charge on any atom is 0.340 e. The average molecular weight is 719 g/mol. The third kappa shape index (κ3) is 8.43. The van der Waals surface area contributed by atoms with Gasteiger partial charge in [-0.05, 0) is 74.4 Å². The number of benzene rings is 3. The fourth-order valence-corrected chi connectivity index (χ4v) is 7.02. The van der Waals surface area contributed by atoms with E-state index < -0.39 is 35.4 Å². The lowest BCUT2D eigenvalue weighted by Crippen LogP contribution is -2.54. The Hall–Kier alpha value is -5.28. The zero-order valence-electron chi connectivity index (χ0n) is 29.2. The van der Waals surface area contributed by atoms with Crippen LogP contribution >= 0.6 is 0 Å². The van der Waals surface area contributed by atoms with Gasteiger partial charge in [0.15, 0.2) is 0 Å². The zero-order valence-corrected chi connectivity index (χ0v) is 29.2. The molecule has 2 fully saturated rings. The standard InChI is InChI=1S/C37H44F2N8O5/c1-3-35(26(2)49)47(42-25-48)36(50)43-29-5-7-30(8-6-29)44-14-16-45(17-15-44)31-9-11-32(12-10-31)51-20-27-19-37(52-21-27,22-46-24-40-23-41-46)33-13-4-28(38)18-34(33)39/h4-13,18,23-27,35,49H,3,14-17,19-22H2,1-2H3,(H,42,48)(H,43,50)/t26-,27+,35-,37-/m0/s1. The lowest BCUT2D eigenvalue weighted by atomic mass is 9.87. The molecular formula is C37H44F2N8O5. The van der Waals surface area contributed by atoms with Gasteiger partial charge in [-0.3, -0.25) is 10.2 Å². The highest BCUT2D eigenvalue weighted by Crippen LogP contribution is 2.42. The van der Waals surface area contributed by atoms with E-state index >= 15 is 0 Å². The van der Waals surface area contributed by atoms with Gasteiger partial charge in [-0.25, -0.2) is 28.3 Å². The summed E-state index contributed by atoms with van der Waals surface area (Å²) in [6.07, 6.45) is 3.48. The highest BCUT2D eigenvalue weighted by atomic mass is 19.1. The van der Waals surface area contributed by atoms with Crippen LogP contribution in [0.1, 0.15) is 32.3 Å². The molecule has 0 unspecified atom stereocenters. The average Bonchev–Trinajstić information content (AvgIpc) is 3.81. The Labute approximate surface area is 301 Å². The Kier molecular flexibility index (Phi) is 11.5. The molecular weight excluding hydrogens is 674 g/mol. The Morgan fingerprint density at radius 1 is 1.08 bits per heavy atom. The molecule has 0 saturated carbocycles. The van der Waals surface area contributed by atoms with E-state index in [1.54, 1.807) is 17.9 Å². The molecule has 15 heteroatoms. The fraction of sp³-hybridized carbons (Fsp3) is 0.405. The number of hydrogen-bond donors (Lipinski definition) is 3. The second-order valence-electron chi connectivity index (χ2n) is 13.2. The van der Waals surface area contributed by atoms with E-state index in [1.165, 1.54) is 18.5 Å². The van der Waals surface area contributed by atoms with Crippen LogP contribution in [-0.2, 0) is 21.7 Å². The number of nitrogens with zero attached hydrogens (tertiary/aromatic N) is 6. The number of amides is 3. The van der Waals surface area contributed by atoms with E-state index in [9.17, 15) is 23.5 Å². The third-order valence-electron chi connectivity index (χ3n) is 9.69. The van der Waals surface area contributed by atoms with E-state index in [2.05, 4.69) is 30.6 Å². The quantitative estimate of drug-likeness (QED) is 0.127. The number of ether oxygens (including phenoxy) is 2. The van der Waals surface area contributed by atoms with Crippen molar-refractivity contribution in [3.05, 3.63) is 96.6 Å². The second kappa shape index (κ2) is 16.4. The molecule has 2 saturated heterocycles. The molecule has 0 bridgehead atoms. The van der Waals surface area contributed by atoms with Gasteiger partial charge in [0, 0.05) is 60.8 Å². The van der Waals surface area contributed by atoms with Crippen molar-refractivity contribution < 1.29 is 33.0 Å². The smallest absolute Gasteiger partial charge is 0.340 e. The van der Waals surface area contributed by atoms with Crippen LogP contribution in [0, 0.1) is 17.6 Å². The van der Waals surface area contributed by atoms with Crippen molar-refractivity contribution in [3.8, 4) is 5.75 Å². The zero-order chi connectivity index (χ0) is 36.7. The summed E-state index contributed by atoms with van der Waals surface area (Å²) in [5.74, 6) is -0.607. The number of piperazine rings is 1. The molecule has 3 amide bonds. The molecule has 3 N–H and O–H groups in total. The van der Waals surface area contributed by atoms with Gasteiger partial charge in [0.2, 0.25) is 6.41 Å². The van der Waals surface area contributed by atoms with Crippen LogP contribution in [-0.4, -0.2) is 88.9 Å². The van der Waals surface area contributed by atoms with Crippen LogP contribution in [0.4, 0.5) is 30.6 Å². The Morgan fingerprint density at radius 2 is 1.75 bits per heavy atom. The number of carbonyl (C=O) groups is 2. The van der Waals surface area contributed by atoms with E-state index in [1.807, 2.05) is 55.5 Å². The van der Waals surface area contributed by atoms with Crippen molar-refractivity contribution in [2.24, 2.45) is 5.92 Å². The summed E-state index contributed by atoms with van der Waals surface area (Å²) in [7, 11) is 0. The largest absolute Gasteiger partial charge is 0.493 e. The molecule has 2 aliphatic rings. The monoisotopic (exact) mass is 718 g/mol. The molecule has 0 spiro atoms. The summed E-state index contributed by atoms with van der Waals surface area (Å²) in [6.45, 7) is 7.61. The van der Waals surface area contributed by atoms with Crippen LogP contribution in [0.3, 0.4) is 0 Å². The number of halogens is 2. The van der Waals surface area contributed by atoms with Crippen molar-refractivity contribution in [1.82, 2.24) is 25.2 Å². The Morgan fingerprint density at radius 3 is 2.33 bits per heavy atom. The predicted molar refractivity (Wildman–Crippen MR) is 191 cm³/mol. The summed E-state index contributed by atoms with van der Waals surface area (Å²) < 4.78 is 42.7. The molecule has 4 atom stereocenters. The van der Waals surface area contributed by atoms with Gasteiger partial charge >= 0.3 is 6.03 Å². The summed E-state index contributed by atoms with van der Waals surface area (Å²) in [4.78, 5) is 32.5. The number of nitrogens with one attached hydrogen (secondary N) is 2. The molecule has 13 nitrogen and oxygen atoms in total. The van der Waals surface area contributed by atoms with Crippen molar-refractivity contribution in [2.75, 3.05) is 54.5 Å². The summed E-state index contributed by atoms with van der Waals surface area (Å²) in [6, 6.07) is 18.0. The first-order chi connectivity index (χ1) is 25.2. The van der Waals surface area contributed by atoms with Gasteiger partial charge in [0.1, 0.15) is 35.6 Å². The minimum absolute atomic E-state index is 0.0243. The number of hydrazine groups is 1. The van der Waals surface area contributed by atoms with Crippen LogP contribution in [0.5, 0.6) is 5.75 Å². The number of carbonyl (C=O) groups excluding carboxylic acids is 2. The summed E-state index contributed by atoms with van der Waals surface area (Å²) in [5.41, 5.74) is 4.33. The van der Waals surface area contributed by atoms with Gasteiger partial charge in [-0.15, -0.1) is 0 Å². The molecule has 52 heavy (non-hydrogen) atoms. The van der Waals surface area contributed by atoms with Crippen LogP contribution < -0.4 is 25.3 Å². The number of urea groups is 1. The van der Waals surface area contributed by atoms with Gasteiger partial charge < -0.3 is 29.7 Å². The molecule has 0 radical (unpaired) electrons. The van der Waals surface area contributed by atoms with Crippen LogP contribution in [0.25, 0.3) is 0 Å². The highest BCUT2D eigenvalue weighted by molar-refractivity contribution is 5.90. The van der Waals surface area contributed by atoms with Crippen molar-refractivity contribution in [3.63, 3.8) is 0 Å². The lowest BCUT2D eigenvalue weighted by Gasteiger charge is -2.37. The maximum absolute atomic E-state index is 15.0. The van der Waals surface area contributed by atoms with E-state index in [-0.39, 0.29) is 18.0 Å². The fourth-order valence-electron chi connectivity index (χ4n) is 7.02. The van der Waals surface area contributed by atoms with Crippen LogP contribution in [0.2, 0.25) is 0 Å². The Bertz CT molecular complexity index is 1770. The minimum Gasteiger partial charge on any atom is -0.493 e. The number of rotatable bonds is 14. The summed E-state index contributed by atoms with van der Waals surface area (Å²) in [5, 5.41) is 18.1. The molecule has 4 aromatic rings. The summed E-state index contributed by atoms with van der Waals surface area (Å²) >= 11 is 0. The van der Waals surface area contributed by atoms with Crippen molar-refractivity contribution >= 4 is 29.5 Å². The van der Waals surface area contributed by atoms with Gasteiger partial charge in [0.05, 0.1) is 31.9 Å². The van der Waals surface area contributed by atoms with Crippen molar-refractivity contribution in [1.29, 1.82) is 0 Å². The van der Waals surface area contributed by atoms with E-state index in [0.717, 1.165) is 54.4 Å². The Balaban J connectivity index is 0.991. The normalized spacial score (nSPS) is 19.9. The second-order valence-corrected chi connectivity index (χ2v) is 13.2. The maximum atomic E-state index is 15.0. The number of hydrogen-bond acceptors (Lipinski definition) is 9. The SMILES string of the molecule is CC[C@@H]([C@H](C)O)N(NC=O)C(=O)Nc1ccc(N2CCN(c3ccc(OC[C@@H]4CO[C@@](Cn5cncn5)(c5ccc(F)cc5F)C4)cc3)CC2)cc1. The third-order valence-corrected chi connectivity index (χ3v) is 9.69. The van der Waals surface area contributed by atoms with Crippen LogP contribution in [0.15, 0.2) is 79.4 Å². The highest BCUT2D eigenvalue weighted by Gasteiger charge is 2.44. The van der Waals surface area contributed by atoms with E-state index in [4.69, 9.17) is 9.47 Å². The lowest BCUT2D eigenvalue weighted by molar-refractivity contribution is -0.114. The molecule has 2 aliphatic heterocycles. The minimum atomic E-state index is -1.03. The van der Waals surface area contributed by atoms with E-state index in [0.29, 0.717) is 38.2 Å². The molecule has 3 heterocycles. The first-order valence-corrected chi connectivity index (χ1v) is 17.4. The predicted octanol–water partition coefficient (Wildman–Crippen LogP) is 4.55. The first-order valence-electron chi connectivity index (χ1n) is 17.4. The number of aliphatic hydroxyl groups is 1. The van der Waals surface area contributed by atoms with Gasteiger partial charge in [-0.2, -0.15) is 5.10 Å². The number of anilines is 3. The van der Waals surface area contributed by atoms with Gasteiger partial charge in [-0.1, -0.05) is 13.0 Å². The molecule has 276 valence electrons. The number of aromatic nitrogens is 3. The molecule has 1 aromatic heterocycles. The topological polar surface area (TPSA) is 137 Å². The molecule has 3 aromatic carbocycles. The van der Waals surface area contributed by atoms with Gasteiger partial charge in [0.25, 0.3) is 0 Å². The number of aliphatic hydroxyl groups excluding tert-OH is 1.